The van der Waals surface area contributed by atoms with Gasteiger partial charge in [-0.05, 0) is 37.1 Å². The van der Waals surface area contributed by atoms with Gasteiger partial charge in [-0.2, -0.15) is 0 Å². The van der Waals surface area contributed by atoms with Gasteiger partial charge in [0.05, 0.1) is 18.4 Å². The maximum absolute atomic E-state index is 12.5. The van der Waals surface area contributed by atoms with Gasteiger partial charge in [0.2, 0.25) is 5.91 Å². The number of ether oxygens (including phenoxy) is 1. The lowest BCUT2D eigenvalue weighted by atomic mass is 10.1. The number of hydrogen-bond acceptors (Lipinski definition) is 4. The first-order chi connectivity index (χ1) is 11.7. The molecule has 124 valence electrons. The van der Waals surface area contributed by atoms with Crippen molar-refractivity contribution in [2.75, 3.05) is 18.5 Å². The van der Waals surface area contributed by atoms with Crippen LogP contribution in [0.5, 0.6) is 5.75 Å². The maximum Gasteiger partial charge on any atom is 0.257 e. The number of carbonyl (C=O) groups excluding carboxylic acids is 2. The van der Waals surface area contributed by atoms with Crippen LogP contribution in [0, 0.1) is 5.92 Å². The van der Waals surface area contributed by atoms with E-state index in [1.54, 1.807) is 11.0 Å². The summed E-state index contributed by atoms with van der Waals surface area (Å²) in [5, 5.41) is 2.93. The van der Waals surface area contributed by atoms with E-state index in [1.165, 1.54) is 12.5 Å². The second-order valence-corrected chi connectivity index (χ2v) is 6.17. The van der Waals surface area contributed by atoms with Crippen molar-refractivity contribution in [3.8, 4) is 5.75 Å². The Balaban J connectivity index is 1.54. The number of benzene rings is 1. The third-order valence-electron chi connectivity index (χ3n) is 4.31. The zero-order valence-corrected chi connectivity index (χ0v) is 13.2. The molecule has 1 aromatic carbocycles. The summed E-state index contributed by atoms with van der Waals surface area (Å²) in [5.74, 6) is 0.879. The highest BCUT2D eigenvalue weighted by molar-refractivity contribution is 5.95. The molecule has 0 radical (unpaired) electrons. The minimum Gasteiger partial charge on any atom is -0.491 e. The number of fused-ring (bicyclic) bond motifs is 1. The van der Waals surface area contributed by atoms with Gasteiger partial charge < -0.3 is 19.4 Å². The van der Waals surface area contributed by atoms with E-state index in [1.807, 2.05) is 18.2 Å². The summed E-state index contributed by atoms with van der Waals surface area (Å²) >= 11 is 0. The standard InChI is InChI=1S/C18H18N2O4/c21-17(12-1-2-12)19-15-3-4-16-14(9-15)10-20(6-8-24-16)18(22)13-5-7-23-11-13/h3-5,7,9,11-12H,1-2,6,8,10H2,(H,19,21). The lowest BCUT2D eigenvalue weighted by Crippen LogP contribution is -2.32. The van der Waals surface area contributed by atoms with Gasteiger partial charge in [0, 0.05) is 23.7 Å². The normalized spacial score (nSPS) is 16.8. The van der Waals surface area contributed by atoms with Crippen LogP contribution in [0.15, 0.2) is 41.2 Å². The van der Waals surface area contributed by atoms with Crippen LogP contribution in [0.1, 0.15) is 28.8 Å². The topological polar surface area (TPSA) is 71.8 Å². The quantitative estimate of drug-likeness (QED) is 0.941. The summed E-state index contributed by atoms with van der Waals surface area (Å²) in [6.45, 7) is 1.37. The zero-order valence-electron chi connectivity index (χ0n) is 13.2. The van der Waals surface area contributed by atoms with E-state index in [0.717, 1.165) is 29.8 Å². The molecular formula is C18H18N2O4. The SMILES string of the molecule is O=C(Nc1ccc2c(c1)CN(C(=O)c1ccoc1)CCO2)C1CC1. The van der Waals surface area contributed by atoms with E-state index in [9.17, 15) is 9.59 Å². The fourth-order valence-corrected chi connectivity index (χ4v) is 2.80. The van der Waals surface area contributed by atoms with Crippen molar-refractivity contribution >= 4 is 17.5 Å². The molecular weight excluding hydrogens is 308 g/mol. The summed E-state index contributed by atoms with van der Waals surface area (Å²) in [7, 11) is 0. The average Bonchev–Trinajstić information content (AvgIpc) is 3.34. The number of hydrogen-bond donors (Lipinski definition) is 1. The molecule has 2 amide bonds. The molecule has 0 atom stereocenters. The highest BCUT2D eigenvalue weighted by Crippen LogP contribution is 2.32. The van der Waals surface area contributed by atoms with Gasteiger partial charge in [0.15, 0.2) is 0 Å². The van der Waals surface area contributed by atoms with Crippen molar-refractivity contribution in [1.29, 1.82) is 0 Å². The van der Waals surface area contributed by atoms with Crippen LogP contribution < -0.4 is 10.1 Å². The van der Waals surface area contributed by atoms with E-state index in [0.29, 0.717) is 25.3 Å². The Morgan fingerprint density at radius 1 is 1.21 bits per heavy atom. The summed E-state index contributed by atoms with van der Waals surface area (Å²) in [6, 6.07) is 7.23. The Morgan fingerprint density at radius 2 is 2.08 bits per heavy atom. The van der Waals surface area contributed by atoms with Crippen molar-refractivity contribution < 1.29 is 18.7 Å². The predicted octanol–water partition coefficient (Wildman–Crippen LogP) is 2.66. The van der Waals surface area contributed by atoms with Crippen molar-refractivity contribution in [3.05, 3.63) is 47.9 Å². The first kappa shape index (κ1) is 14.8. The third kappa shape index (κ3) is 2.99. The summed E-state index contributed by atoms with van der Waals surface area (Å²) in [6.07, 6.45) is 4.86. The largest absolute Gasteiger partial charge is 0.491 e. The second-order valence-electron chi connectivity index (χ2n) is 6.17. The van der Waals surface area contributed by atoms with Gasteiger partial charge in [-0.25, -0.2) is 0 Å². The molecule has 24 heavy (non-hydrogen) atoms. The molecule has 1 N–H and O–H groups in total. The maximum atomic E-state index is 12.5. The van der Waals surface area contributed by atoms with Crippen LogP contribution in [-0.2, 0) is 11.3 Å². The fraction of sp³-hybridized carbons (Fsp3) is 0.333. The molecule has 4 rings (SSSR count). The van der Waals surface area contributed by atoms with Crippen molar-refractivity contribution in [2.24, 2.45) is 5.92 Å². The predicted molar refractivity (Wildman–Crippen MR) is 86.7 cm³/mol. The van der Waals surface area contributed by atoms with Crippen LogP contribution >= 0.6 is 0 Å². The lowest BCUT2D eigenvalue weighted by molar-refractivity contribution is -0.117. The molecule has 0 saturated heterocycles. The van der Waals surface area contributed by atoms with Crippen molar-refractivity contribution in [3.63, 3.8) is 0 Å². The second kappa shape index (κ2) is 6.03. The highest BCUT2D eigenvalue weighted by atomic mass is 16.5. The fourth-order valence-electron chi connectivity index (χ4n) is 2.80. The van der Waals surface area contributed by atoms with E-state index >= 15 is 0 Å². The van der Waals surface area contributed by atoms with E-state index in [2.05, 4.69) is 5.32 Å². The van der Waals surface area contributed by atoms with E-state index in [4.69, 9.17) is 9.15 Å². The van der Waals surface area contributed by atoms with Gasteiger partial charge in [-0.15, -0.1) is 0 Å². The summed E-state index contributed by atoms with van der Waals surface area (Å²) < 4.78 is 10.7. The minimum atomic E-state index is -0.0902. The average molecular weight is 326 g/mol. The Hall–Kier alpha value is -2.76. The van der Waals surface area contributed by atoms with Gasteiger partial charge in [0.1, 0.15) is 18.6 Å². The molecule has 1 aliphatic carbocycles. The molecule has 0 bridgehead atoms. The smallest absolute Gasteiger partial charge is 0.257 e. The Labute approximate surface area is 139 Å². The first-order valence-corrected chi connectivity index (χ1v) is 8.09. The highest BCUT2D eigenvalue weighted by Gasteiger charge is 2.30. The summed E-state index contributed by atoms with van der Waals surface area (Å²) in [5.41, 5.74) is 2.15. The molecule has 6 nitrogen and oxygen atoms in total. The Morgan fingerprint density at radius 3 is 2.83 bits per heavy atom. The van der Waals surface area contributed by atoms with Gasteiger partial charge >= 0.3 is 0 Å². The molecule has 0 spiro atoms. The van der Waals surface area contributed by atoms with Crippen LogP contribution in [0.4, 0.5) is 5.69 Å². The molecule has 2 aromatic rings. The number of furan rings is 1. The first-order valence-electron chi connectivity index (χ1n) is 8.09. The molecule has 2 aliphatic rings. The van der Waals surface area contributed by atoms with Crippen molar-refractivity contribution in [2.45, 2.75) is 19.4 Å². The Kier molecular flexibility index (Phi) is 3.72. The van der Waals surface area contributed by atoms with E-state index in [-0.39, 0.29) is 17.7 Å². The number of rotatable bonds is 3. The van der Waals surface area contributed by atoms with Gasteiger partial charge in [-0.3, -0.25) is 9.59 Å². The van der Waals surface area contributed by atoms with Crippen molar-refractivity contribution in [1.82, 2.24) is 4.90 Å². The molecule has 2 heterocycles. The molecule has 1 aromatic heterocycles. The van der Waals surface area contributed by atoms with Gasteiger partial charge in [-0.1, -0.05) is 0 Å². The number of anilines is 1. The van der Waals surface area contributed by atoms with Crippen LogP contribution in [0.25, 0.3) is 0 Å². The zero-order chi connectivity index (χ0) is 16.5. The van der Waals surface area contributed by atoms with Crippen LogP contribution in [0.2, 0.25) is 0 Å². The lowest BCUT2D eigenvalue weighted by Gasteiger charge is -2.19. The number of carbonyl (C=O) groups is 2. The number of amides is 2. The summed E-state index contributed by atoms with van der Waals surface area (Å²) in [4.78, 5) is 26.2. The monoisotopic (exact) mass is 326 g/mol. The molecule has 1 fully saturated rings. The molecule has 1 saturated carbocycles. The molecule has 6 heteroatoms. The van der Waals surface area contributed by atoms with Crippen LogP contribution in [0.3, 0.4) is 0 Å². The van der Waals surface area contributed by atoms with Crippen LogP contribution in [-0.4, -0.2) is 29.9 Å². The molecule has 0 unspecified atom stereocenters. The van der Waals surface area contributed by atoms with Gasteiger partial charge in [0.25, 0.3) is 5.91 Å². The third-order valence-corrected chi connectivity index (χ3v) is 4.31. The Bertz CT molecular complexity index is 765. The van der Waals surface area contributed by atoms with E-state index < -0.39 is 0 Å². The molecule has 1 aliphatic heterocycles. The number of nitrogens with zero attached hydrogens (tertiary/aromatic N) is 1. The number of nitrogens with one attached hydrogen (secondary N) is 1. The minimum absolute atomic E-state index is 0.0656.